The molecule has 1 aromatic carbocycles. The Morgan fingerprint density at radius 2 is 2.24 bits per heavy atom. The maximum atomic E-state index is 3.92. The number of halogens is 1. The molecule has 1 unspecified atom stereocenters. The summed E-state index contributed by atoms with van der Waals surface area (Å²) in [4.78, 5) is 0. The minimum Gasteiger partial charge on any atom is -0.308 e. The summed E-state index contributed by atoms with van der Waals surface area (Å²) >= 11 is 3.56. The second kappa shape index (κ2) is 5.93. The molecule has 0 fully saturated rings. The van der Waals surface area contributed by atoms with Gasteiger partial charge in [-0.15, -0.1) is 5.10 Å². The van der Waals surface area contributed by atoms with Crippen LogP contribution in [0.4, 0.5) is 0 Å². The van der Waals surface area contributed by atoms with Crippen LogP contribution in [0.25, 0.3) is 0 Å². The van der Waals surface area contributed by atoms with Crippen molar-refractivity contribution < 1.29 is 0 Å². The van der Waals surface area contributed by atoms with Crippen molar-refractivity contribution >= 4 is 15.9 Å². The zero-order chi connectivity index (χ0) is 12.1. The lowest BCUT2D eigenvalue weighted by atomic mass is 10.1. The maximum Gasteiger partial charge on any atom is 0.0692 e. The molecule has 0 bridgehead atoms. The zero-order valence-corrected chi connectivity index (χ0v) is 11.3. The van der Waals surface area contributed by atoms with Crippen molar-refractivity contribution in [2.24, 2.45) is 0 Å². The van der Waals surface area contributed by atoms with Crippen LogP contribution < -0.4 is 5.32 Å². The van der Waals surface area contributed by atoms with E-state index >= 15 is 0 Å². The maximum absolute atomic E-state index is 3.92. The molecule has 0 radical (unpaired) electrons. The Kier molecular flexibility index (Phi) is 4.28. The number of hydrogen-bond acceptors (Lipinski definition) is 3. The molecule has 0 spiro atoms. The Bertz CT molecular complexity index is 455. The first-order valence-corrected chi connectivity index (χ1v) is 6.38. The van der Waals surface area contributed by atoms with Gasteiger partial charge in [0, 0.05) is 23.3 Å². The fourth-order valence-electron chi connectivity index (χ4n) is 1.68. The fraction of sp³-hybridized carbons (Fsp3) is 0.333. The van der Waals surface area contributed by atoms with Crippen LogP contribution in [-0.4, -0.2) is 21.5 Å². The van der Waals surface area contributed by atoms with Crippen molar-refractivity contribution in [3.8, 4) is 0 Å². The van der Waals surface area contributed by atoms with Gasteiger partial charge in [-0.3, -0.25) is 4.68 Å². The van der Waals surface area contributed by atoms with Crippen LogP contribution in [0.2, 0.25) is 0 Å². The second-order valence-corrected chi connectivity index (χ2v) is 4.72. The lowest BCUT2D eigenvalue weighted by Crippen LogP contribution is -2.23. The van der Waals surface area contributed by atoms with E-state index in [9.17, 15) is 0 Å². The Labute approximate surface area is 109 Å². The summed E-state index contributed by atoms with van der Waals surface area (Å²) in [5.74, 6) is 0. The molecule has 0 saturated carbocycles. The van der Waals surface area contributed by atoms with Gasteiger partial charge in [0.2, 0.25) is 0 Å². The monoisotopic (exact) mass is 294 g/mol. The van der Waals surface area contributed by atoms with Crippen molar-refractivity contribution in [2.45, 2.75) is 19.5 Å². The molecule has 0 aliphatic rings. The van der Waals surface area contributed by atoms with Crippen molar-refractivity contribution in [3.63, 3.8) is 0 Å². The highest BCUT2D eigenvalue weighted by molar-refractivity contribution is 9.10. The van der Waals surface area contributed by atoms with E-state index in [0.29, 0.717) is 6.04 Å². The predicted octanol–water partition coefficient (Wildman–Crippen LogP) is 2.39. The number of hydrogen-bond donors (Lipinski definition) is 1. The van der Waals surface area contributed by atoms with E-state index in [-0.39, 0.29) is 0 Å². The van der Waals surface area contributed by atoms with Gasteiger partial charge in [0.25, 0.3) is 0 Å². The summed E-state index contributed by atoms with van der Waals surface area (Å²) < 4.78 is 2.96. The van der Waals surface area contributed by atoms with Crippen LogP contribution >= 0.6 is 15.9 Å². The lowest BCUT2D eigenvalue weighted by Gasteiger charge is -2.15. The van der Waals surface area contributed by atoms with E-state index in [1.807, 2.05) is 16.9 Å². The number of benzene rings is 1. The molecule has 0 saturated heterocycles. The molecule has 1 N–H and O–H groups in total. The average molecular weight is 295 g/mol. The number of nitrogens with one attached hydrogen (secondary N) is 1. The van der Waals surface area contributed by atoms with E-state index in [0.717, 1.165) is 17.6 Å². The summed E-state index contributed by atoms with van der Waals surface area (Å²) in [6.45, 7) is 3.85. The molecule has 4 nitrogen and oxygen atoms in total. The summed E-state index contributed by atoms with van der Waals surface area (Å²) in [5.41, 5.74) is 1.27. The summed E-state index contributed by atoms with van der Waals surface area (Å²) in [6.07, 6.45) is 3.56. The third kappa shape index (κ3) is 3.38. The van der Waals surface area contributed by atoms with Crippen molar-refractivity contribution in [1.82, 2.24) is 20.3 Å². The lowest BCUT2D eigenvalue weighted by molar-refractivity contribution is 0.498. The third-order valence-corrected chi connectivity index (χ3v) is 3.36. The largest absolute Gasteiger partial charge is 0.308 e. The van der Waals surface area contributed by atoms with Gasteiger partial charge in [-0.1, -0.05) is 39.3 Å². The van der Waals surface area contributed by atoms with Crippen molar-refractivity contribution in [1.29, 1.82) is 0 Å². The predicted molar refractivity (Wildman–Crippen MR) is 70.6 cm³/mol. The Morgan fingerprint density at radius 1 is 1.41 bits per heavy atom. The molecular weight excluding hydrogens is 280 g/mol. The van der Waals surface area contributed by atoms with Crippen LogP contribution in [0, 0.1) is 0 Å². The first-order valence-electron chi connectivity index (χ1n) is 5.59. The highest BCUT2D eigenvalue weighted by Crippen LogP contribution is 2.22. The van der Waals surface area contributed by atoms with Gasteiger partial charge in [0.1, 0.15) is 0 Å². The Morgan fingerprint density at radius 3 is 2.94 bits per heavy atom. The average Bonchev–Trinajstić information content (AvgIpc) is 2.82. The van der Waals surface area contributed by atoms with Crippen molar-refractivity contribution in [2.75, 3.05) is 6.54 Å². The molecule has 0 aliphatic carbocycles. The summed E-state index contributed by atoms with van der Waals surface area (Å²) in [7, 11) is 0. The van der Waals surface area contributed by atoms with Gasteiger partial charge in [0.15, 0.2) is 0 Å². The van der Waals surface area contributed by atoms with Crippen LogP contribution in [0.15, 0.2) is 41.1 Å². The van der Waals surface area contributed by atoms with E-state index in [1.54, 1.807) is 6.20 Å². The van der Waals surface area contributed by atoms with Crippen LogP contribution in [0.1, 0.15) is 18.5 Å². The van der Waals surface area contributed by atoms with Crippen LogP contribution in [0.3, 0.4) is 0 Å². The molecular formula is C12H15BrN4. The smallest absolute Gasteiger partial charge is 0.0692 e. The minimum atomic E-state index is 0.314. The van der Waals surface area contributed by atoms with E-state index in [1.165, 1.54) is 5.56 Å². The van der Waals surface area contributed by atoms with Crippen LogP contribution in [-0.2, 0) is 6.54 Å². The van der Waals surface area contributed by atoms with Gasteiger partial charge >= 0.3 is 0 Å². The molecule has 2 aromatic rings. The Balaban J connectivity index is 1.85. The van der Waals surface area contributed by atoms with E-state index in [4.69, 9.17) is 0 Å². The minimum absolute atomic E-state index is 0.314. The summed E-state index contributed by atoms with van der Waals surface area (Å²) in [5, 5.41) is 11.2. The third-order valence-electron chi connectivity index (χ3n) is 2.64. The molecule has 0 amide bonds. The first-order chi connectivity index (χ1) is 8.27. The van der Waals surface area contributed by atoms with Crippen molar-refractivity contribution in [3.05, 3.63) is 46.7 Å². The molecule has 0 aliphatic heterocycles. The number of nitrogens with zero attached hydrogens (tertiary/aromatic N) is 3. The highest BCUT2D eigenvalue weighted by Gasteiger charge is 2.07. The topological polar surface area (TPSA) is 42.7 Å². The van der Waals surface area contributed by atoms with E-state index in [2.05, 4.69) is 56.7 Å². The zero-order valence-electron chi connectivity index (χ0n) is 9.68. The molecule has 1 heterocycles. The summed E-state index contributed by atoms with van der Waals surface area (Å²) in [6, 6.07) is 8.57. The standard InChI is InChI=1S/C12H15BrN4/c1-10(11-4-2-3-5-12(11)13)14-6-8-17-9-7-15-16-17/h2-5,7,9-10,14H,6,8H2,1H3. The molecule has 2 rings (SSSR count). The number of aromatic nitrogens is 3. The van der Waals surface area contributed by atoms with Gasteiger partial charge in [-0.25, -0.2) is 0 Å². The normalized spacial score (nSPS) is 12.6. The van der Waals surface area contributed by atoms with Gasteiger partial charge in [-0.05, 0) is 18.6 Å². The fourth-order valence-corrected chi connectivity index (χ4v) is 2.31. The Hall–Kier alpha value is -1.20. The van der Waals surface area contributed by atoms with Gasteiger partial charge < -0.3 is 5.32 Å². The second-order valence-electron chi connectivity index (χ2n) is 3.86. The highest BCUT2D eigenvalue weighted by atomic mass is 79.9. The van der Waals surface area contributed by atoms with Crippen LogP contribution in [0.5, 0.6) is 0 Å². The van der Waals surface area contributed by atoms with Gasteiger partial charge in [-0.2, -0.15) is 0 Å². The van der Waals surface area contributed by atoms with Gasteiger partial charge in [0.05, 0.1) is 12.7 Å². The quantitative estimate of drug-likeness (QED) is 0.921. The SMILES string of the molecule is CC(NCCn1ccnn1)c1ccccc1Br. The molecule has 90 valence electrons. The molecule has 1 aromatic heterocycles. The molecule has 1 atom stereocenters. The molecule has 5 heteroatoms. The first kappa shape index (κ1) is 12.3. The molecule has 17 heavy (non-hydrogen) atoms. The number of rotatable bonds is 5. The van der Waals surface area contributed by atoms with E-state index < -0.39 is 0 Å².